The van der Waals surface area contributed by atoms with Crippen LogP contribution in [0.15, 0.2) is 12.3 Å². The fourth-order valence-corrected chi connectivity index (χ4v) is 11.2. The van der Waals surface area contributed by atoms with Gasteiger partial charge in [0.15, 0.2) is 0 Å². The highest BCUT2D eigenvalue weighted by Crippen LogP contribution is 2.93. The first-order chi connectivity index (χ1) is 20.4. The van der Waals surface area contributed by atoms with Gasteiger partial charge in [0.1, 0.15) is 6.17 Å². The van der Waals surface area contributed by atoms with Gasteiger partial charge in [0, 0.05) is 43.2 Å². The summed E-state index contributed by atoms with van der Waals surface area (Å²) in [5.41, 5.74) is 1.68. The van der Waals surface area contributed by atoms with Crippen LogP contribution >= 0.6 is 11.9 Å². The maximum Gasteiger partial charge on any atom is 0.232 e. The first-order valence-electron chi connectivity index (χ1n) is 17.1. The maximum atomic E-state index is 10.5. The van der Waals surface area contributed by atoms with E-state index in [4.69, 9.17) is 9.84 Å². The molecule has 5 heterocycles. The van der Waals surface area contributed by atoms with Gasteiger partial charge in [-0.3, -0.25) is 24.9 Å². The van der Waals surface area contributed by atoms with Crippen LogP contribution in [-0.4, -0.2) is 75.4 Å². The Morgan fingerprint density at radius 2 is 1.93 bits per heavy atom. The Hall–Kier alpha value is -0.880. The van der Waals surface area contributed by atoms with E-state index in [0.29, 0.717) is 12.1 Å². The fraction of sp³-hybridized carbons (Fsp3) is 0.906. The molecule has 4 aliphatic heterocycles. The van der Waals surface area contributed by atoms with Crippen molar-refractivity contribution in [3.05, 3.63) is 12.3 Å². The number of hydrogen-bond donors (Lipinski definition) is 5. The van der Waals surface area contributed by atoms with E-state index in [1.165, 1.54) is 51.4 Å². The average Bonchev–Trinajstić information content (AvgIpc) is 3.91. The zero-order valence-corrected chi connectivity index (χ0v) is 26.5. The minimum absolute atomic E-state index is 0.168. The minimum Gasteiger partial charge on any atom is -0.477 e. The van der Waals surface area contributed by atoms with Gasteiger partial charge in [-0.05, 0) is 114 Å². The van der Waals surface area contributed by atoms with E-state index < -0.39 is 0 Å². The van der Waals surface area contributed by atoms with Crippen LogP contribution in [0.5, 0.6) is 5.88 Å². The van der Waals surface area contributed by atoms with Gasteiger partial charge in [-0.25, -0.2) is 0 Å². The topological polar surface area (TPSA) is 98.6 Å². The van der Waals surface area contributed by atoms with E-state index in [9.17, 15) is 5.11 Å². The van der Waals surface area contributed by atoms with Gasteiger partial charge in [0.2, 0.25) is 5.88 Å². The third-order valence-corrected chi connectivity index (χ3v) is 13.4. The summed E-state index contributed by atoms with van der Waals surface area (Å²) in [5.74, 6) is 2.94. The monoisotopic (exact) mass is 599 g/mol. The number of hydrogen-bond acceptors (Lipinski definition) is 9. The lowest BCUT2D eigenvalue weighted by molar-refractivity contribution is 0.00921. The van der Waals surface area contributed by atoms with E-state index in [1.54, 1.807) is 11.9 Å². The average molecular weight is 600 g/mol. The molecule has 10 heteroatoms. The van der Waals surface area contributed by atoms with Gasteiger partial charge in [-0.1, -0.05) is 11.9 Å². The molecule has 7 aliphatic rings. The quantitative estimate of drug-likeness (QED) is 0.324. The number of nitrogens with zero attached hydrogens (tertiary/aromatic N) is 3. The third kappa shape index (κ3) is 5.24. The molecular formula is C32H53N7O2S. The lowest BCUT2D eigenvalue weighted by Gasteiger charge is -2.47. The van der Waals surface area contributed by atoms with Gasteiger partial charge in [-0.15, -0.1) is 5.10 Å². The molecule has 8 atom stereocenters. The van der Waals surface area contributed by atoms with E-state index in [2.05, 4.69) is 56.4 Å². The smallest absolute Gasteiger partial charge is 0.232 e. The number of fused-ring (bicyclic) bond motifs is 7. The Balaban J connectivity index is 0.928. The molecule has 234 valence electrons. The number of piperidine rings is 2. The summed E-state index contributed by atoms with van der Waals surface area (Å²) < 4.78 is 12.1. The summed E-state index contributed by atoms with van der Waals surface area (Å²) >= 11 is 1.77. The second kappa shape index (κ2) is 10.9. The van der Waals surface area contributed by atoms with Crippen molar-refractivity contribution in [2.45, 2.75) is 126 Å². The van der Waals surface area contributed by atoms with Crippen molar-refractivity contribution in [1.29, 1.82) is 0 Å². The predicted octanol–water partition coefficient (Wildman–Crippen LogP) is 3.78. The Kier molecular flexibility index (Phi) is 7.40. The number of rotatable bonds is 5. The molecule has 0 aromatic carbocycles. The number of aromatic nitrogens is 2. The molecule has 1 aromatic heterocycles. The summed E-state index contributed by atoms with van der Waals surface area (Å²) in [4.78, 5) is 2.78. The number of aliphatic hydroxyl groups excluding tert-OH is 1. The van der Waals surface area contributed by atoms with Crippen molar-refractivity contribution >= 4 is 11.9 Å². The van der Waals surface area contributed by atoms with Crippen LogP contribution in [-0.2, 0) is 0 Å². The first kappa shape index (κ1) is 28.6. The summed E-state index contributed by atoms with van der Waals surface area (Å²) in [5, 5.41) is 27.1. The number of nitrogens with one attached hydrogen (secondary N) is 4. The molecule has 3 aliphatic carbocycles. The summed E-state index contributed by atoms with van der Waals surface area (Å²) in [6, 6.07) is 2.07. The standard InChI is InChI=1S/C32H53N7O2S/c1-30(2)18-21-4-3-13-33-25-16-23(40)17-28(35-25)42-34-19-22-5-6-26(36-29(22)38(30)20-21)39-14-7-27(37-39)41-15-8-24-31(9-10-31)32(24)11-12-32/h7,14,21-26,28-29,33-36,40H,3-6,8-13,15-20H2,1-2H3/t21-,22?,23?,25?,26?,28?,29?/m0/s1. The molecule has 7 unspecified atom stereocenters. The highest BCUT2D eigenvalue weighted by molar-refractivity contribution is 7.98. The maximum absolute atomic E-state index is 10.5. The van der Waals surface area contributed by atoms with Crippen molar-refractivity contribution in [1.82, 2.24) is 35.4 Å². The molecule has 8 rings (SSSR count). The lowest BCUT2D eigenvalue weighted by Crippen LogP contribution is -2.60. The number of ether oxygens (including phenoxy) is 1. The lowest BCUT2D eigenvalue weighted by atomic mass is 9.90. The van der Waals surface area contributed by atoms with Crippen LogP contribution < -0.4 is 25.4 Å². The molecule has 0 radical (unpaired) electrons. The molecular weight excluding hydrogens is 546 g/mol. The first-order valence-corrected chi connectivity index (χ1v) is 18.0. The van der Waals surface area contributed by atoms with E-state index >= 15 is 0 Å². The molecule has 4 bridgehead atoms. The Bertz CT molecular complexity index is 1100. The van der Waals surface area contributed by atoms with Crippen LogP contribution in [0, 0.1) is 28.6 Å². The Morgan fingerprint density at radius 3 is 2.74 bits per heavy atom. The SMILES string of the molecule is CC1(C)C[C@@H]2CCCNC3CC(O)CC(N3)SNCC3CCC(n4ccc(OCCC5C6(CC6)C56CC6)n4)NC3N1C2. The molecule has 42 heavy (non-hydrogen) atoms. The normalized spacial score (nSPS) is 42.0. The Morgan fingerprint density at radius 1 is 1.10 bits per heavy atom. The summed E-state index contributed by atoms with van der Waals surface area (Å²) in [6.45, 7) is 8.82. The van der Waals surface area contributed by atoms with Crippen LogP contribution in [0.2, 0.25) is 0 Å². The molecule has 3 saturated carbocycles. The zero-order valence-electron chi connectivity index (χ0n) is 25.7. The van der Waals surface area contributed by atoms with Crippen molar-refractivity contribution in [3.63, 3.8) is 0 Å². The second-order valence-corrected chi connectivity index (χ2v) is 16.6. The zero-order chi connectivity index (χ0) is 28.5. The van der Waals surface area contributed by atoms with Crippen molar-refractivity contribution in [2.24, 2.45) is 28.6 Å². The molecule has 0 amide bonds. The van der Waals surface area contributed by atoms with Crippen molar-refractivity contribution < 1.29 is 9.84 Å². The van der Waals surface area contributed by atoms with E-state index in [1.807, 2.05) is 0 Å². The highest BCUT2D eigenvalue weighted by atomic mass is 32.2. The molecule has 2 spiro atoms. The van der Waals surface area contributed by atoms with Crippen LogP contribution in [0.3, 0.4) is 0 Å². The van der Waals surface area contributed by atoms with Gasteiger partial charge < -0.3 is 15.2 Å². The van der Waals surface area contributed by atoms with Gasteiger partial charge in [-0.2, -0.15) is 0 Å². The van der Waals surface area contributed by atoms with Gasteiger partial charge in [0.25, 0.3) is 0 Å². The molecule has 5 N–H and O–H groups in total. The number of aliphatic hydroxyl groups is 1. The predicted molar refractivity (Wildman–Crippen MR) is 166 cm³/mol. The van der Waals surface area contributed by atoms with E-state index in [0.717, 1.165) is 80.5 Å². The molecule has 7 fully saturated rings. The second-order valence-electron chi connectivity index (χ2n) is 15.5. The minimum atomic E-state index is -0.243. The third-order valence-electron chi connectivity index (χ3n) is 12.5. The largest absolute Gasteiger partial charge is 0.477 e. The highest BCUT2D eigenvalue weighted by Gasteiger charge is 2.85. The van der Waals surface area contributed by atoms with Crippen molar-refractivity contribution in [2.75, 3.05) is 26.2 Å². The van der Waals surface area contributed by atoms with Gasteiger partial charge in [0.05, 0.1) is 30.4 Å². The molecule has 1 aromatic rings. The Labute approximate surface area is 256 Å². The molecule has 4 saturated heterocycles. The van der Waals surface area contributed by atoms with Crippen LogP contribution in [0.1, 0.15) is 97.1 Å². The summed E-state index contributed by atoms with van der Waals surface area (Å²) in [7, 11) is 0. The van der Waals surface area contributed by atoms with Crippen LogP contribution in [0.4, 0.5) is 0 Å². The van der Waals surface area contributed by atoms with Crippen LogP contribution in [0.25, 0.3) is 0 Å². The summed E-state index contributed by atoms with van der Waals surface area (Å²) in [6.07, 6.45) is 17.1. The van der Waals surface area contributed by atoms with Crippen molar-refractivity contribution in [3.8, 4) is 5.88 Å². The van der Waals surface area contributed by atoms with E-state index in [-0.39, 0.29) is 29.3 Å². The van der Waals surface area contributed by atoms with Gasteiger partial charge >= 0.3 is 0 Å². The fourth-order valence-electron chi connectivity index (χ4n) is 10.1. The molecule has 9 nitrogen and oxygen atoms in total.